The van der Waals surface area contributed by atoms with E-state index in [2.05, 4.69) is 22.0 Å². The maximum atomic E-state index is 10.9. The molecule has 1 aromatic carbocycles. The highest BCUT2D eigenvalue weighted by molar-refractivity contribution is 9.10. The number of carboxylic acids is 1. The van der Waals surface area contributed by atoms with Crippen molar-refractivity contribution in [2.75, 3.05) is 18.0 Å². The van der Waals surface area contributed by atoms with Crippen LogP contribution in [0.1, 0.15) is 19.4 Å². The Bertz CT molecular complexity index is 482. The molecule has 0 aromatic heterocycles. The van der Waals surface area contributed by atoms with Crippen molar-refractivity contribution in [3.05, 3.63) is 28.2 Å². The highest BCUT2D eigenvalue weighted by Crippen LogP contribution is 2.27. The van der Waals surface area contributed by atoms with Gasteiger partial charge in [0.15, 0.2) is 0 Å². The molecule has 1 atom stereocenters. The molecule has 0 aliphatic carbocycles. The first-order valence-corrected chi connectivity index (χ1v) is 6.46. The lowest BCUT2D eigenvalue weighted by molar-refractivity contribution is -0.140. The van der Waals surface area contributed by atoms with Gasteiger partial charge in [0.1, 0.15) is 0 Å². The molecule has 1 aromatic rings. The maximum Gasteiger partial charge on any atom is 0.308 e. The molecule has 0 saturated carbocycles. The molecule has 0 fully saturated rings. The minimum atomic E-state index is -0.807. The van der Waals surface area contributed by atoms with Crippen LogP contribution in [0.4, 0.5) is 5.69 Å². The van der Waals surface area contributed by atoms with Crippen LogP contribution in [-0.4, -0.2) is 24.2 Å². The third-order valence-corrected chi connectivity index (χ3v) is 3.35. The SMILES string of the molecule is CCN(CC(C)C(=O)O)c1ccc(C#N)cc1Br. The molecule has 0 bridgehead atoms. The zero-order chi connectivity index (χ0) is 13.7. The van der Waals surface area contributed by atoms with E-state index in [1.54, 1.807) is 19.1 Å². The first-order valence-electron chi connectivity index (χ1n) is 5.67. The van der Waals surface area contributed by atoms with Crippen LogP contribution in [0.3, 0.4) is 0 Å². The van der Waals surface area contributed by atoms with E-state index in [1.165, 1.54) is 0 Å². The topological polar surface area (TPSA) is 64.3 Å². The normalized spacial score (nSPS) is 11.7. The second-order valence-corrected chi connectivity index (χ2v) is 4.91. The smallest absolute Gasteiger partial charge is 0.308 e. The Hall–Kier alpha value is -1.54. The molecule has 0 radical (unpaired) electrons. The van der Waals surface area contributed by atoms with Crippen LogP contribution in [0.5, 0.6) is 0 Å². The molecule has 0 aliphatic heterocycles. The Morgan fingerprint density at radius 3 is 2.72 bits per heavy atom. The number of aliphatic carboxylic acids is 1. The number of halogens is 1. The average Bonchev–Trinajstić information content (AvgIpc) is 2.35. The zero-order valence-electron chi connectivity index (χ0n) is 10.4. The predicted molar refractivity (Wildman–Crippen MR) is 73.5 cm³/mol. The summed E-state index contributed by atoms with van der Waals surface area (Å²) in [5.74, 6) is -1.24. The number of rotatable bonds is 5. The Labute approximate surface area is 115 Å². The van der Waals surface area contributed by atoms with Gasteiger partial charge in [-0.15, -0.1) is 0 Å². The van der Waals surface area contributed by atoms with Gasteiger partial charge in [-0.05, 0) is 41.1 Å². The van der Waals surface area contributed by atoms with Crippen molar-refractivity contribution in [3.8, 4) is 6.07 Å². The number of nitriles is 1. The van der Waals surface area contributed by atoms with E-state index < -0.39 is 11.9 Å². The summed E-state index contributed by atoms with van der Waals surface area (Å²) in [5, 5.41) is 17.7. The second kappa shape index (κ2) is 6.41. The summed E-state index contributed by atoms with van der Waals surface area (Å²) >= 11 is 3.42. The van der Waals surface area contributed by atoms with Crippen molar-refractivity contribution < 1.29 is 9.90 Å². The van der Waals surface area contributed by atoms with Crippen molar-refractivity contribution in [2.24, 2.45) is 5.92 Å². The van der Waals surface area contributed by atoms with E-state index in [9.17, 15) is 4.79 Å². The van der Waals surface area contributed by atoms with Crippen molar-refractivity contribution >= 4 is 27.6 Å². The van der Waals surface area contributed by atoms with Gasteiger partial charge < -0.3 is 10.0 Å². The van der Waals surface area contributed by atoms with Crippen molar-refractivity contribution in [1.29, 1.82) is 5.26 Å². The van der Waals surface area contributed by atoms with Crippen LogP contribution in [0, 0.1) is 17.2 Å². The van der Waals surface area contributed by atoms with Crippen molar-refractivity contribution in [2.45, 2.75) is 13.8 Å². The molecule has 1 unspecified atom stereocenters. The summed E-state index contributed by atoms with van der Waals surface area (Å²) in [5.41, 5.74) is 1.48. The maximum absolute atomic E-state index is 10.9. The molecule has 0 heterocycles. The summed E-state index contributed by atoms with van der Waals surface area (Å²) in [7, 11) is 0. The summed E-state index contributed by atoms with van der Waals surface area (Å²) < 4.78 is 0.806. The van der Waals surface area contributed by atoms with Crippen LogP contribution < -0.4 is 4.90 Å². The van der Waals surface area contributed by atoms with Crippen LogP contribution in [0.25, 0.3) is 0 Å². The highest BCUT2D eigenvalue weighted by Gasteiger charge is 2.17. The lowest BCUT2D eigenvalue weighted by atomic mass is 10.1. The number of hydrogen-bond donors (Lipinski definition) is 1. The molecule has 0 spiro atoms. The number of carboxylic acid groups (broad SMARTS) is 1. The Balaban J connectivity index is 2.96. The van der Waals surface area contributed by atoms with Gasteiger partial charge in [0.05, 0.1) is 23.2 Å². The molecule has 0 aliphatic rings. The lowest BCUT2D eigenvalue weighted by Gasteiger charge is -2.26. The van der Waals surface area contributed by atoms with Gasteiger partial charge in [0.2, 0.25) is 0 Å². The van der Waals surface area contributed by atoms with Crippen LogP contribution in [0.2, 0.25) is 0 Å². The monoisotopic (exact) mass is 310 g/mol. The van der Waals surface area contributed by atoms with Gasteiger partial charge in [-0.25, -0.2) is 0 Å². The van der Waals surface area contributed by atoms with Gasteiger partial charge in [-0.3, -0.25) is 4.79 Å². The number of hydrogen-bond acceptors (Lipinski definition) is 3. The van der Waals surface area contributed by atoms with Gasteiger partial charge >= 0.3 is 5.97 Å². The van der Waals surface area contributed by atoms with E-state index in [0.29, 0.717) is 18.7 Å². The third kappa shape index (κ3) is 3.47. The zero-order valence-corrected chi connectivity index (χ0v) is 11.9. The van der Waals surface area contributed by atoms with Gasteiger partial charge in [0.25, 0.3) is 0 Å². The van der Waals surface area contributed by atoms with Crippen LogP contribution in [0.15, 0.2) is 22.7 Å². The highest BCUT2D eigenvalue weighted by atomic mass is 79.9. The molecule has 4 nitrogen and oxygen atoms in total. The quantitative estimate of drug-likeness (QED) is 0.908. The van der Waals surface area contributed by atoms with E-state index in [-0.39, 0.29) is 0 Å². The standard InChI is InChI=1S/C13H15BrN2O2/c1-3-16(8-9(2)13(17)18)12-5-4-10(7-15)6-11(12)14/h4-6,9H,3,8H2,1-2H3,(H,17,18). The van der Waals surface area contributed by atoms with Crippen LogP contribution >= 0.6 is 15.9 Å². The Morgan fingerprint density at radius 1 is 1.61 bits per heavy atom. The second-order valence-electron chi connectivity index (χ2n) is 4.06. The molecular weight excluding hydrogens is 296 g/mol. The van der Waals surface area contributed by atoms with Gasteiger partial charge in [0, 0.05) is 17.6 Å². The molecule has 18 heavy (non-hydrogen) atoms. The number of anilines is 1. The van der Waals surface area contributed by atoms with E-state index in [0.717, 1.165) is 10.2 Å². The fraction of sp³-hybridized carbons (Fsp3) is 0.385. The summed E-state index contributed by atoms with van der Waals surface area (Å²) in [4.78, 5) is 12.9. The molecule has 0 saturated heterocycles. The fourth-order valence-electron chi connectivity index (χ4n) is 1.64. The predicted octanol–water partition coefficient (Wildman–Crippen LogP) is 2.87. The number of benzene rings is 1. The minimum Gasteiger partial charge on any atom is -0.481 e. The van der Waals surface area contributed by atoms with Crippen LogP contribution in [-0.2, 0) is 4.79 Å². The third-order valence-electron chi connectivity index (χ3n) is 2.72. The lowest BCUT2D eigenvalue weighted by Crippen LogP contribution is -2.31. The van der Waals surface area contributed by atoms with Gasteiger partial charge in [-0.1, -0.05) is 6.92 Å². The first kappa shape index (κ1) is 14.5. The Morgan fingerprint density at radius 2 is 2.28 bits per heavy atom. The Kier molecular flexibility index (Phi) is 5.17. The minimum absolute atomic E-state index is 0.438. The largest absolute Gasteiger partial charge is 0.481 e. The molecule has 1 rings (SSSR count). The fourth-order valence-corrected chi connectivity index (χ4v) is 2.27. The molecule has 0 amide bonds. The number of nitrogens with zero attached hydrogens (tertiary/aromatic N) is 2. The summed E-state index contributed by atoms with van der Waals surface area (Å²) in [6.45, 7) is 4.81. The molecule has 96 valence electrons. The summed E-state index contributed by atoms with van der Waals surface area (Å²) in [6.07, 6.45) is 0. The molecular formula is C13H15BrN2O2. The summed E-state index contributed by atoms with van der Waals surface area (Å²) in [6, 6.07) is 7.37. The van der Waals surface area contributed by atoms with E-state index in [1.807, 2.05) is 17.9 Å². The van der Waals surface area contributed by atoms with E-state index >= 15 is 0 Å². The molecule has 1 N–H and O–H groups in total. The number of carbonyl (C=O) groups is 1. The molecule has 5 heteroatoms. The average molecular weight is 311 g/mol. The van der Waals surface area contributed by atoms with E-state index in [4.69, 9.17) is 10.4 Å². The van der Waals surface area contributed by atoms with Crippen molar-refractivity contribution in [1.82, 2.24) is 0 Å². The first-order chi connectivity index (χ1) is 8.49. The van der Waals surface area contributed by atoms with Gasteiger partial charge in [-0.2, -0.15) is 5.26 Å². The van der Waals surface area contributed by atoms with Crippen molar-refractivity contribution in [3.63, 3.8) is 0 Å².